The first-order valence-electron chi connectivity index (χ1n) is 6.63. The molecule has 5 atom stereocenters. The van der Waals surface area contributed by atoms with E-state index < -0.39 is 12.2 Å². The van der Waals surface area contributed by atoms with Gasteiger partial charge in [0.1, 0.15) is 10.0 Å². The van der Waals surface area contributed by atoms with E-state index in [1.54, 1.807) is 0 Å². The molecule has 7 heteroatoms. The Hall–Kier alpha value is -0.880. The van der Waals surface area contributed by atoms with Gasteiger partial charge in [0.2, 0.25) is 0 Å². The number of carbonyl (C=O) groups excluding carboxylic acids is 2. The Labute approximate surface area is 130 Å². The minimum Gasteiger partial charge on any atom is -0.455 e. The highest BCUT2D eigenvalue weighted by atomic mass is 127. The van der Waals surface area contributed by atoms with Gasteiger partial charge in [-0.15, -0.1) is 0 Å². The molecule has 0 amide bonds. The Balaban J connectivity index is 2.05. The topological polar surface area (TPSA) is 85.6 Å². The van der Waals surface area contributed by atoms with Gasteiger partial charge < -0.3 is 14.2 Å². The molecule has 0 radical (unpaired) electrons. The van der Waals surface area contributed by atoms with Gasteiger partial charge in [-0.05, 0) is 12.8 Å². The lowest BCUT2D eigenvalue weighted by molar-refractivity contribution is -0.162. The molecule has 0 bridgehead atoms. The Morgan fingerprint density at radius 1 is 1.65 bits per heavy atom. The second-order valence-electron chi connectivity index (χ2n) is 4.85. The molecule has 2 heterocycles. The van der Waals surface area contributed by atoms with Gasteiger partial charge in [-0.2, -0.15) is 5.26 Å². The zero-order valence-corrected chi connectivity index (χ0v) is 13.2. The van der Waals surface area contributed by atoms with Crippen molar-refractivity contribution in [3.05, 3.63) is 0 Å². The molecule has 2 aliphatic heterocycles. The van der Waals surface area contributed by atoms with E-state index in [0.29, 0.717) is 19.3 Å². The zero-order valence-electron chi connectivity index (χ0n) is 11.1. The summed E-state index contributed by atoms with van der Waals surface area (Å²) in [7, 11) is 0. The van der Waals surface area contributed by atoms with Crippen LogP contribution in [0.1, 0.15) is 32.6 Å². The van der Waals surface area contributed by atoms with Crippen molar-refractivity contribution in [2.45, 2.75) is 60.9 Å². The summed E-state index contributed by atoms with van der Waals surface area (Å²) in [6.45, 7) is 1.90. The van der Waals surface area contributed by atoms with Crippen LogP contribution in [0.15, 0.2) is 0 Å². The van der Waals surface area contributed by atoms with E-state index in [1.165, 1.54) is 0 Å². The van der Waals surface area contributed by atoms with E-state index in [-0.39, 0.29) is 34.5 Å². The molecule has 0 aromatic carbocycles. The smallest absolute Gasteiger partial charge is 0.319 e. The Kier molecular flexibility index (Phi) is 5.21. The van der Waals surface area contributed by atoms with Gasteiger partial charge in [0.15, 0.2) is 12.2 Å². The molecule has 0 aliphatic carbocycles. The van der Waals surface area contributed by atoms with Crippen molar-refractivity contribution < 1.29 is 23.8 Å². The number of alkyl halides is 1. The Bertz CT molecular complexity index is 435. The average Bonchev–Trinajstić information content (AvgIpc) is 2.93. The van der Waals surface area contributed by atoms with E-state index in [4.69, 9.17) is 19.5 Å². The van der Waals surface area contributed by atoms with Crippen LogP contribution in [-0.4, -0.2) is 40.3 Å². The number of nitriles is 1. The number of fused-ring (bicyclic) bond motifs is 1. The maximum atomic E-state index is 11.9. The van der Waals surface area contributed by atoms with Gasteiger partial charge in [0, 0.05) is 6.42 Å². The van der Waals surface area contributed by atoms with Crippen LogP contribution < -0.4 is 0 Å². The molecule has 2 saturated heterocycles. The van der Waals surface area contributed by atoms with Gasteiger partial charge in [-0.3, -0.25) is 9.59 Å². The molecular weight excluding hydrogens is 377 g/mol. The number of ether oxygens (including phenoxy) is 3. The van der Waals surface area contributed by atoms with Crippen molar-refractivity contribution in [1.82, 2.24) is 0 Å². The third-order valence-electron chi connectivity index (χ3n) is 3.45. The number of carbonyl (C=O) groups is 2. The largest absolute Gasteiger partial charge is 0.455 e. The van der Waals surface area contributed by atoms with Crippen LogP contribution in [0.25, 0.3) is 0 Å². The van der Waals surface area contributed by atoms with E-state index in [0.717, 1.165) is 0 Å². The third kappa shape index (κ3) is 3.23. The molecule has 0 saturated carbocycles. The number of esters is 2. The fourth-order valence-corrected chi connectivity index (χ4v) is 2.58. The number of rotatable bonds is 5. The monoisotopic (exact) mass is 393 g/mol. The molecule has 2 aliphatic rings. The lowest BCUT2D eigenvalue weighted by atomic mass is 10.0. The van der Waals surface area contributed by atoms with Crippen molar-refractivity contribution in [2.75, 3.05) is 0 Å². The Morgan fingerprint density at radius 3 is 3.05 bits per heavy atom. The summed E-state index contributed by atoms with van der Waals surface area (Å²) in [5, 5.41) is 8.67. The molecular formula is C13H16INO5. The lowest BCUT2D eigenvalue weighted by Crippen LogP contribution is -2.38. The highest BCUT2D eigenvalue weighted by molar-refractivity contribution is 14.1. The number of hydrogen-bond acceptors (Lipinski definition) is 6. The van der Waals surface area contributed by atoms with Crippen LogP contribution in [0.3, 0.4) is 0 Å². The maximum absolute atomic E-state index is 11.9. The first-order valence-corrected chi connectivity index (χ1v) is 7.87. The van der Waals surface area contributed by atoms with E-state index in [1.807, 2.05) is 35.6 Å². The molecule has 0 aromatic rings. The summed E-state index contributed by atoms with van der Waals surface area (Å²) < 4.78 is 16.1. The second-order valence-corrected chi connectivity index (χ2v) is 6.35. The van der Waals surface area contributed by atoms with E-state index in [2.05, 4.69) is 0 Å². The van der Waals surface area contributed by atoms with Crippen molar-refractivity contribution in [1.29, 1.82) is 5.26 Å². The molecule has 5 unspecified atom stereocenters. The standard InChI is InChI=1S/C13H16INO5/c1-2-7(14)13(17)20-11-8(4-3-5-15)18-9-6-10(16)19-12(9)11/h7-9,11-12H,2-4,6H2,1H3. The normalized spacial score (nSPS) is 33.1. The van der Waals surface area contributed by atoms with E-state index in [9.17, 15) is 9.59 Å². The summed E-state index contributed by atoms with van der Waals surface area (Å²) >= 11 is 2.02. The molecule has 6 nitrogen and oxygen atoms in total. The van der Waals surface area contributed by atoms with Crippen molar-refractivity contribution in [2.24, 2.45) is 0 Å². The predicted octanol–water partition coefficient (Wildman–Crippen LogP) is 1.50. The molecule has 0 aromatic heterocycles. The molecule has 2 rings (SSSR count). The maximum Gasteiger partial charge on any atom is 0.319 e. The fraction of sp³-hybridized carbons (Fsp3) is 0.769. The summed E-state index contributed by atoms with van der Waals surface area (Å²) in [5.74, 6) is -0.659. The average molecular weight is 393 g/mol. The SMILES string of the molecule is CCC(I)C(=O)OC1C(CCC#N)OC2CC(=O)OC21. The van der Waals surface area contributed by atoms with Crippen LogP contribution in [0.5, 0.6) is 0 Å². The molecule has 0 N–H and O–H groups in total. The summed E-state index contributed by atoms with van der Waals surface area (Å²) in [5.41, 5.74) is 0. The minimum atomic E-state index is -0.601. The van der Waals surface area contributed by atoms with Gasteiger partial charge >= 0.3 is 11.9 Å². The third-order valence-corrected chi connectivity index (χ3v) is 4.84. The van der Waals surface area contributed by atoms with Gasteiger partial charge in [0.25, 0.3) is 0 Å². The lowest BCUT2D eigenvalue weighted by Gasteiger charge is -2.22. The Morgan fingerprint density at radius 2 is 2.40 bits per heavy atom. The first kappa shape index (κ1) is 15.5. The van der Waals surface area contributed by atoms with Crippen molar-refractivity contribution in [3.63, 3.8) is 0 Å². The molecule has 110 valence electrons. The number of hydrogen-bond donors (Lipinski definition) is 0. The number of halogens is 1. The number of nitrogens with zero attached hydrogens (tertiary/aromatic N) is 1. The van der Waals surface area contributed by atoms with E-state index >= 15 is 0 Å². The predicted molar refractivity (Wildman–Crippen MR) is 76.0 cm³/mol. The molecule has 20 heavy (non-hydrogen) atoms. The molecule has 0 spiro atoms. The quantitative estimate of drug-likeness (QED) is 0.400. The van der Waals surface area contributed by atoms with Gasteiger partial charge in [0.05, 0.1) is 18.6 Å². The van der Waals surface area contributed by atoms with Gasteiger partial charge in [-0.1, -0.05) is 29.5 Å². The zero-order chi connectivity index (χ0) is 14.7. The first-order chi connectivity index (χ1) is 9.56. The highest BCUT2D eigenvalue weighted by Crippen LogP contribution is 2.35. The van der Waals surface area contributed by atoms with Crippen LogP contribution >= 0.6 is 22.6 Å². The summed E-state index contributed by atoms with van der Waals surface area (Å²) in [6.07, 6.45) is -0.232. The fourth-order valence-electron chi connectivity index (χ4n) is 2.43. The van der Waals surface area contributed by atoms with Crippen molar-refractivity contribution in [3.8, 4) is 6.07 Å². The van der Waals surface area contributed by atoms with Crippen LogP contribution in [0.4, 0.5) is 0 Å². The highest BCUT2D eigenvalue weighted by Gasteiger charge is 2.53. The summed E-state index contributed by atoms with van der Waals surface area (Å²) in [6, 6.07) is 2.05. The second kappa shape index (κ2) is 6.72. The van der Waals surface area contributed by atoms with Crippen LogP contribution in [0, 0.1) is 11.3 Å². The van der Waals surface area contributed by atoms with Gasteiger partial charge in [-0.25, -0.2) is 0 Å². The minimum absolute atomic E-state index is 0.184. The van der Waals surface area contributed by atoms with Crippen molar-refractivity contribution >= 4 is 34.5 Å². The molecule has 2 fully saturated rings. The van der Waals surface area contributed by atoms with Crippen LogP contribution in [-0.2, 0) is 23.8 Å². The van der Waals surface area contributed by atoms with Crippen LogP contribution in [0.2, 0.25) is 0 Å². The summed E-state index contributed by atoms with van der Waals surface area (Å²) in [4.78, 5) is 23.2.